The molecule has 0 aliphatic rings. The second kappa shape index (κ2) is 7.04. The van der Waals surface area contributed by atoms with E-state index in [1.165, 1.54) is 0 Å². The predicted octanol–water partition coefficient (Wildman–Crippen LogP) is 1.38. The number of aliphatic hydroxyl groups is 1. The summed E-state index contributed by atoms with van der Waals surface area (Å²) in [7, 11) is 1.88. The van der Waals surface area contributed by atoms with Gasteiger partial charge in [-0.1, -0.05) is 18.7 Å². The lowest BCUT2D eigenvalue weighted by Crippen LogP contribution is -2.14. The van der Waals surface area contributed by atoms with E-state index in [0.717, 1.165) is 23.4 Å². The van der Waals surface area contributed by atoms with E-state index in [1.807, 2.05) is 31.3 Å². The zero-order valence-electron chi connectivity index (χ0n) is 9.70. The molecule has 16 heavy (non-hydrogen) atoms. The molecule has 1 aromatic rings. The molecule has 0 fully saturated rings. The van der Waals surface area contributed by atoms with Gasteiger partial charge in [-0.05, 0) is 36.7 Å². The first-order valence-electron chi connectivity index (χ1n) is 5.40. The van der Waals surface area contributed by atoms with Crippen LogP contribution in [0, 0.1) is 0 Å². The lowest BCUT2D eigenvalue weighted by atomic mass is 10.1. The maximum atomic E-state index is 8.77. The number of rotatable bonds is 7. The normalized spacial score (nSPS) is 10.1. The van der Waals surface area contributed by atoms with Crippen LogP contribution in [-0.4, -0.2) is 31.9 Å². The van der Waals surface area contributed by atoms with Crippen molar-refractivity contribution in [2.24, 2.45) is 0 Å². The maximum absolute atomic E-state index is 8.77. The van der Waals surface area contributed by atoms with Crippen molar-refractivity contribution < 1.29 is 9.84 Å². The van der Waals surface area contributed by atoms with Crippen LogP contribution in [0.1, 0.15) is 5.56 Å². The minimum absolute atomic E-state index is 0.180. The minimum atomic E-state index is 0.180. The van der Waals surface area contributed by atoms with Gasteiger partial charge in [-0.2, -0.15) is 0 Å². The zero-order valence-corrected chi connectivity index (χ0v) is 9.70. The minimum Gasteiger partial charge on any atom is -0.489 e. The van der Waals surface area contributed by atoms with E-state index in [0.29, 0.717) is 13.0 Å². The maximum Gasteiger partial charge on any atom is 0.119 e. The molecule has 0 radical (unpaired) electrons. The molecule has 0 spiro atoms. The van der Waals surface area contributed by atoms with Crippen molar-refractivity contribution in [2.45, 2.75) is 6.42 Å². The predicted molar refractivity (Wildman–Crippen MR) is 65.8 cm³/mol. The quantitative estimate of drug-likeness (QED) is 0.683. The SMILES string of the molecule is C=C(CNC)COc1ccc(CCO)cc1. The Balaban J connectivity index is 2.40. The van der Waals surface area contributed by atoms with E-state index in [-0.39, 0.29) is 6.61 Å². The number of aliphatic hydroxyl groups excluding tert-OH is 1. The Morgan fingerprint density at radius 2 is 2.06 bits per heavy atom. The van der Waals surface area contributed by atoms with E-state index in [2.05, 4.69) is 11.9 Å². The molecule has 88 valence electrons. The summed E-state index contributed by atoms with van der Waals surface area (Å²) >= 11 is 0. The summed E-state index contributed by atoms with van der Waals surface area (Å²) in [6, 6.07) is 7.76. The van der Waals surface area contributed by atoms with Gasteiger partial charge < -0.3 is 15.2 Å². The van der Waals surface area contributed by atoms with E-state index in [9.17, 15) is 0 Å². The van der Waals surface area contributed by atoms with Crippen molar-refractivity contribution in [3.63, 3.8) is 0 Å². The Hall–Kier alpha value is -1.32. The molecule has 0 saturated carbocycles. The summed E-state index contributed by atoms with van der Waals surface area (Å²) in [5.74, 6) is 0.832. The molecule has 0 aliphatic carbocycles. The average molecular weight is 221 g/mol. The highest BCUT2D eigenvalue weighted by Gasteiger charge is 1.97. The molecule has 3 nitrogen and oxygen atoms in total. The number of ether oxygens (including phenoxy) is 1. The van der Waals surface area contributed by atoms with Gasteiger partial charge >= 0.3 is 0 Å². The van der Waals surface area contributed by atoms with Gasteiger partial charge in [-0.25, -0.2) is 0 Å². The lowest BCUT2D eigenvalue weighted by molar-refractivity contribution is 0.299. The van der Waals surface area contributed by atoms with Crippen molar-refractivity contribution in [1.29, 1.82) is 0 Å². The average Bonchev–Trinajstić information content (AvgIpc) is 2.29. The Kier molecular flexibility index (Phi) is 5.61. The number of hydrogen-bond donors (Lipinski definition) is 2. The van der Waals surface area contributed by atoms with Crippen LogP contribution < -0.4 is 10.1 Å². The third-order valence-corrected chi connectivity index (χ3v) is 2.19. The molecule has 1 aromatic carbocycles. The highest BCUT2D eigenvalue weighted by Crippen LogP contribution is 2.13. The summed E-state index contributed by atoms with van der Waals surface area (Å²) in [6.45, 7) is 5.36. The van der Waals surface area contributed by atoms with Crippen LogP contribution in [-0.2, 0) is 6.42 Å². The fraction of sp³-hybridized carbons (Fsp3) is 0.385. The summed E-state index contributed by atoms with van der Waals surface area (Å²) in [5, 5.41) is 11.8. The lowest BCUT2D eigenvalue weighted by Gasteiger charge is -2.08. The van der Waals surface area contributed by atoms with Gasteiger partial charge in [0.05, 0.1) is 0 Å². The second-order valence-corrected chi connectivity index (χ2v) is 3.69. The van der Waals surface area contributed by atoms with E-state index in [1.54, 1.807) is 0 Å². The van der Waals surface area contributed by atoms with Gasteiger partial charge in [-0.15, -0.1) is 0 Å². The molecule has 3 heteroatoms. The zero-order chi connectivity index (χ0) is 11.8. The van der Waals surface area contributed by atoms with Crippen LogP contribution in [0.15, 0.2) is 36.4 Å². The molecule has 0 atom stereocenters. The highest BCUT2D eigenvalue weighted by atomic mass is 16.5. The number of hydrogen-bond acceptors (Lipinski definition) is 3. The van der Waals surface area contributed by atoms with Crippen LogP contribution in [0.2, 0.25) is 0 Å². The van der Waals surface area contributed by atoms with Crippen LogP contribution in [0.5, 0.6) is 5.75 Å². The van der Waals surface area contributed by atoms with Crippen LogP contribution in [0.25, 0.3) is 0 Å². The van der Waals surface area contributed by atoms with Crippen LogP contribution in [0.4, 0.5) is 0 Å². The summed E-state index contributed by atoms with van der Waals surface area (Å²) in [5.41, 5.74) is 2.13. The molecule has 0 bridgehead atoms. The number of benzene rings is 1. The molecule has 0 aliphatic heterocycles. The van der Waals surface area contributed by atoms with Crippen molar-refractivity contribution in [1.82, 2.24) is 5.32 Å². The molecule has 2 N–H and O–H groups in total. The molecule has 0 amide bonds. The summed E-state index contributed by atoms with van der Waals surface area (Å²) < 4.78 is 5.55. The fourth-order valence-electron chi connectivity index (χ4n) is 1.37. The molecule has 0 heterocycles. The van der Waals surface area contributed by atoms with E-state index in [4.69, 9.17) is 9.84 Å². The Morgan fingerprint density at radius 1 is 1.38 bits per heavy atom. The first-order chi connectivity index (χ1) is 7.76. The topological polar surface area (TPSA) is 41.5 Å². The smallest absolute Gasteiger partial charge is 0.119 e. The van der Waals surface area contributed by atoms with Gasteiger partial charge in [0.1, 0.15) is 12.4 Å². The van der Waals surface area contributed by atoms with Gasteiger partial charge in [0.2, 0.25) is 0 Å². The molecule has 0 unspecified atom stereocenters. The number of likely N-dealkylation sites (N-methyl/N-ethyl adjacent to an activating group) is 1. The molecule has 0 aromatic heterocycles. The largest absolute Gasteiger partial charge is 0.489 e. The number of nitrogens with one attached hydrogen (secondary N) is 1. The second-order valence-electron chi connectivity index (χ2n) is 3.69. The van der Waals surface area contributed by atoms with Gasteiger partial charge in [-0.3, -0.25) is 0 Å². The summed E-state index contributed by atoms with van der Waals surface area (Å²) in [4.78, 5) is 0. The van der Waals surface area contributed by atoms with Crippen molar-refractivity contribution in [2.75, 3.05) is 26.8 Å². The third kappa shape index (κ3) is 4.47. The van der Waals surface area contributed by atoms with Gasteiger partial charge in [0.25, 0.3) is 0 Å². The Bertz CT molecular complexity index is 319. The molecular formula is C13H19NO2. The molecule has 0 saturated heterocycles. The first kappa shape index (κ1) is 12.7. The molecular weight excluding hydrogens is 202 g/mol. The van der Waals surface area contributed by atoms with E-state index < -0.39 is 0 Å². The third-order valence-electron chi connectivity index (χ3n) is 2.19. The highest BCUT2D eigenvalue weighted by molar-refractivity contribution is 5.27. The standard InChI is InChI=1S/C13H19NO2/c1-11(9-14-2)10-16-13-5-3-12(4-6-13)7-8-15/h3-6,14-15H,1,7-10H2,2H3. The van der Waals surface area contributed by atoms with Gasteiger partial charge in [0.15, 0.2) is 0 Å². The van der Waals surface area contributed by atoms with Crippen molar-refractivity contribution >= 4 is 0 Å². The first-order valence-corrected chi connectivity index (χ1v) is 5.40. The fourth-order valence-corrected chi connectivity index (χ4v) is 1.37. The van der Waals surface area contributed by atoms with Crippen molar-refractivity contribution in [3.05, 3.63) is 42.0 Å². The Labute approximate surface area is 96.8 Å². The van der Waals surface area contributed by atoms with Crippen LogP contribution >= 0.6 is 0 Å². The molecule has 1 rings (SSSR count). The van der Waals surface area contributed by atoms with Crippen molar-refractivity contribution in [3.8, 4) is 5.75 Å². The van der Waals surface area contributed by atoms with Crippen LogP contribution in [0.3, 0.4) is 0 Å². The Morgan fingerprint density at radius 3 is 2.62 bits per heavy atom. The summed E-state index contributed by atoms with van der Waals surface area (Å²) in [6.07, 6.45) is 0.687. The van der Waals surface area contributed by atoms with E-state index >= 15 is 0 Å². The monoisotopic (exact) mass is 221 g/mol. The van der Waals surface area contributed by atoms with Gasteiger partial charge in [0, 0.05) is 13.2 Å².